The van der Waals surface area contributed by atoms with Crippen LogP contribution >= 0.6 is 11.6 Å². The van der Waals surface area contributed by atoms with Gasteiger partial charge in [0.25, 0.3) is 0 Å². The van der Waals surface area contributed by atoms with Crippen LogP contribution in [-0.2, 0) is 0 Å². The van der Waals surface area contributed by atoms with Crippen molar-refractivity contribution in [1.29, 1.82) is 0 Å². The van der Waals surface area contributed by atoms with E-state index in [1.54, 1.807) is 0 Å². The first kappa shape index (κ1) is 12.2. The molecule has 1 spiro atoms. The minimum absolute atomic E-state index is 0.664. The van der Waals surface area contributed by atoms with Crippen molar-refractivity contribution in [3.63, 3.8) is 0 Å². The molecule has 1 saturated carbocycles. The zero-order valence-electron chi connectivity index (χ0n) is 10.8. The van der Waals surface area contributed by atoms with E-state index in [1.165, 1.54) is 38.5 Å². The van der Waals surface area contributed by atoms with E-state index in [0.29, 0.717) is 5.41 Å². The van der Waals surface area contributed by atoms with E-state index in [4.69, 9.17) is 17.3 Å². The fraction of sp³-hybridized carbons (Fsp3) is 0.600. The molecular formula is C15H21ClN2. The Kier molecular flexibility index (Phi) is 3.14. The standard InChI is InChI=1S/C15H21ClN2/c16-12-3-4-14(13(17)11-12)18-9-7-15(8-10-18)5-1-2-6-15/h3-4,11H,1-2,5-10,17H2. The van der Waals surface area contributed by atoms with E-state index < -0.39 is 0 Å². The van der Waals surface area contributed by atoms with Crippen molar-refractivity contribution in [2.24, 2.45) is 5.41 Å². The van der Waals surface area contributed by atoms with Gasteiger partial charge >= 0.3 is 0 Å². The van der Waals surface area contributed by atoms with Gasteiger partial charge in [0.05, 0.1) is 11.4 Å². The van der Waals surface area contributed by atoms with Crippen molar-refractivity contribution in [3.8, 4) is 0 Å². The van der Waals surface area contributed by atoms with Crippen molar-refractivity contribution in [2.75, 3.05) is 23.7 Å². The quantitative estimate of drug-likeness (QED) is 0.775. The van der Waals surface area contributed by atoms with Gasteiger partial charge in [0.15, 0.2) is 0 Å². The number of halogens is 1. The van der Waals surface area contributed by atoms with E-state index in [9.17, 15) is 0 Å². The number of piperidine rings is 1. The molecule has 2 fully saturated rings. The molecule has 0 amide bonds. The zero-order chi connectivity index (χ0) is 12.6. The van der Waals surface area contributed by atoms with Crippen LogP contribution in [0.25, 0.3) is 0 Å². The van der Waals surface area contributed by atoms with Crippen LogP contribution in [0.4, 0.5) is 11.4 Å². The molecule has 0 radical (unpaired) electrons. The fourth-order valence-corrected chi connectivity index (χ4v) is 3.84. The number of nitrogens with zero attached hydrogens (tertiary/aromatic N) is 1. The Hall–Kier alpha value is -0.890. The third-order valence-electron chi connectivity index (χ3n) is 4.82. The molecule has 1 heterocycles. The molecule has 18 heavy (non-hydrogen) atoms. The molecule has 0 aromatic heterocycles. The third-order valence-corrected chi connectivity index (χ3v) is 5.05. The molecule has 3 heteroatoms. The van der Waals surface area contributed by atoms with Gasteiger partial charge in [-0.05, 0) is 49.3 Å². The highest BCUT2D eigenvalue weighted by atomic mass is 35.5. The van der Waals surface area contributed by atoms with Gasteiger partial charge in [-0.15, -0.1) is 0 Å². The molecule has 0 bridgehead atoms. The Morgan fingerprint density at radius 3 is 2.33 bits per heavy atom. The molecule has 1 aliphatic carbocycles. The minimum atomic E-state index is 0.664. The number of benzene rings is 1. The van der Waals surface area contributed by atoms with Crippen LogP contribution in [0.1, 0.15) is 38.5 Å². The lowest BCUT2D eigenvalue weighted by atomic mass is 9.77. The van der Waals surface area contributed by atoms with Crippen molar-refractivity contribution in [1.82, 2.24) is 0 Å². The van der Waals surface area contributed by atoms with E-state index in [-0.39, 0.29) is 0 Å². The Balaban J connectivity index is 1.72. The average molecular weight is 265 g/mol. The summed E-state index contributed by atoms with van der Waals surface area (Å²) in [6.45, 7) is 2.29. The molecule has 1 aromatic carbocycles. The normalized spacial score (nSPS) is 22.6. The molecule has 3 rings (SSSR count). The lowest BCUT2D eigenvalue weighted by molar-refractivity contribution is 0.226. The predicted molar refractivity (Wildman–Crippen MR) is 78.2 cm³/mol. The third kappa shape index (κ3) is 2.18. The highest BCUT2D eigenvalue weighted by molar-refractivity contribution is 6.31. The molecule has 98 valence electrons. The number of nitrogens with two attached hydrogens (primary N) is 1. The van der Waals surface area contributed by atoms with E-state index in [2.05, 4.69) is 11.0 Å². The summed E-state index contributed by atoms with van der Waals surface area (Å²) in [7, 11) is 0. The summed E-state index contributed by atoms with van der Waals surface area (Å²) >= 11 is 5.96. The van der Waals surface area contributed by atoms with Crippen LogP contribution in [-0.4, -0.2) is 13.1 Å². The number of rotatable bonds is 1. The Bertz CT molecular complexity index is 428. The summed E-state index contributed by atoms with van der Waals surface area (Å²) in [5.74, 6) is 0. The van der Waals surface area contributed by atoms with Crippen LogP contribution in [0.5, 0.6) is 0 Å². The smallest absolute Gasteiger partial charge is 0.0600 e. The maximum absolute atomic E-state index is 6.07. The Morgan fingerprint density at radius 2 is 1.72 bits per heavy atom. The van der Waals surface area contributed by atoms with Gasteiger partial charge < -0.3 is 10.6 Å². The van der Waals surface area contributed by atoms with Gasteiger partial charge in [0.2, 0.25) is 0 Å². The lowest BCUT2D eigenvalue weighted by Gasteiger charge is -2.40. The maximum Gasteiger partial charge on any atom is 0.0600 e. The number of hydrogen-bond acceptors (Lipinski definition) is 2. The van der Waals surface area contributed by atoms with Gasteiger partial charge in [-0.2, -0.15) is 0 Å². The van der Waals surface area contributed by atoms with E-state index in [1.807, 2.05) is 12.1 Å². The van der Waals surface area contributed by atoms with Crippen LogP contribution in [0.3, 0.4) is 0 Å². The highest BCUT2D eigenvalue weighted by Gasteiger charge is 2.37. The van der Waals surface area contributed by atoms with E-state index in [0.717, 1.165) is 29.5 Å². The summed E-state index contributed by atoms with van der Waals surface area (Å²) in [6.07, 6.45) is 8.41. The maximum atomic E-state index is 6.07. The molecule has 1 aliphatic heterocycles. The first-order valence-electron chi connectivity index (χ1n) is 6.99. The van der Waals surface area contributed by atoms with Crippen molar-refractivity contribution < 1.29 is 0 Å². The largest absolute Gasteiger partial charge is 0.397 e. The topological polar surface area (TPSA) is 29.3 Å². The Morgan fingerprint density at radius 1 is 1.06 bits per heavy atom. The van der Waals surface area contributed by atoms with Crippen LogP contribution in [0.15, 0.2) is 18.2 Å². The zero-order valence-corrected chi connectivity index (χ0v) is 11.5. The molecule has 1 aromatic rings. The highest BCUT2D eigenvalue weighted by Crippen LogP contribution is 2.47. The van der Waals surface area contributed by atoms with Crippen LogP contribution < -0.4 is 10.6 Å². The summed E-state index contributed by atoms with van der Waals surface area (Å²) in [5.41, 5.74) is 8.70. The average Bonchev–Trinajstić information content (AvgIpc) is 2.80. The van der Waals surface area contributed by atoms with Gasteiger partial charge in [-0.25, -0.2) is 0 Å². The molecular weight excluding hydrogens is 244 g/mol. The first-order chi connectivity index (χ1) is 8.69. The number of hydrogen-bond donors (Lipinski definition) is 1. The van der Waals surface area contributed by atoms with Gasteiger partial charge in [0, 0.05) is 18.1 Å². The summed E-state index contributed by atoms with van der Waals surface area (Å²) in [5, 5.41) is 0.723. The molecule has 1 saturated heterocycles. The molecule has 2 aliphatic rings. The second-order valence-electron chi connectivity index (χ2n) is 5.90. The van der Waals surface area contributed by atoms with Gasteiger partial charge in [0.1, 0.15) is 0 Å². The first-order valence-corrected chi connectivity index (χ1v) is 7.36. The second-order valence-corrected chi connectivity index (χ2v) is 6.33. The van der Waals surface area contributed by atoms with Gasteiger partial charge in [-0.3, -0.25) is 0 Å². The fourth-order valence-electron chi connectivity index (χ4n) is 3.66. The molecule has 2 nitrogen and oxygen atoms in total. The van der Waals surface area contributed by atoms with Gasteiger partial charge in [-0.1, -0.05) is 24.4 Å². The SMILES string of the molecule is Nc1cc(Cl)ccc1N1CCC2(CCCC2)CC1. The number of anilines is 2. The lowest BCUT2D eigenvalue weighted by Crippen LogP contribution is -2.39. The van der Waals surface area contributed by atoms with Crippen molar-refractivity contribution in [3.05, 3.63) is 23.2 Å². The summed E-state index contributed by atoms with van der Waals surface area (Å²) in [4.78, 5) is 2.43. The molecule has 0 atom stereocenters. The van der Waals surface area contributed by atoms with Crippen molar-refractivity contribution >= 4 is 23.0 Å². The van der Waals surface area contributed by atoms with Crippen LogP contribution in [0.2, 0.25) is 5.02 Å². The summed E-state index contributed by atoms with van der Waals surface area (Å²) in [6, 6.07) is 5.86. The monoisotopic (exact) mass is 264 g/mol. The van der Waals surface area contributed by atoms with Crippen molar-refractivity contribution in [2.45, 2.75) is 38.5 Å². The minimum Gasteiger partial charge on any atom is -0.397 e. The molecule has 0 unspecified atom stereocenters. The molecule has 2 N–H and O–H groups in total. The van der Waals surface area contributed by atoms with E-state index >= 15 is 0 Å². The predicted octanol–water partition coefficient (Wildman–Crippen LogP) is 4.08. The second kappa shape index (κ2) is 4.65. The van der Waals surface area contributed by atoms with Crippen LogP contribution in [0, 0.1) is 5.41 Å². The summed E-state index contributed by atoms with van der Waals surface area (Å²) < 4.78 is 0. The number of nitrogen functional groups attached to an aromatic ring is 1. The Labute approximate surface area is 114 Å².